The summed E-state index contributed by atoms with van der Waals surface area (Å²) in [4.78, 5) is 27.7. The third-order valence-corrected chi connectivity index (χ3v) is 3.40. The Morgan fingerprint density at radius 3 is 2.96 bits per heavy atom. The molecule has 2 heterocycles. The number of amides is 1. The highest BCUT2D eigenvalue weighted by molar-refractivity contribution is 5.93. The van der Waals surface area contributed by atoms with Crippen LogP contribution in [-0.4, -0.2) is 28.9 Å². The molecule has 0 spiro atoms. The molecule has 128 valence electrons. The van der Waals surface area contributed by atoms with E-state index >= 15 is 0 Å². The zero-order valence-corrected chi connectivity index (χ0v) is 13.4. The predicted octanol–water partition coefficient (Wildman–Crippen LogP) is 2.24. The molecule has 3 rings (SSSR count). The highest BCUT2D eigenvalue weighted by Crippen LogP contribution is 2.24. The van der Waals surface area contributed by atoms with Crippen molar-refractivity contribution in [3.05, 3.63) is 52.0 Å². The van der Waals surface area contributed by atoms with Crippen LogP contribution < -0.4 is 10.9 Å². The first-order chi connectivity index (χ1) is 12.0. The maximum Gasteiger partial charge on any atom is 0.348 e. The maximum absolute atomic E-state index is 11.9. The number of hydrogen-bond donors (Lipinski definition) is 2. The summed E-state index contributed by atoms with van der Waals surface area (Å²) in [6, 6.07) is 8.25. The number of rotatable bonds is 5. The second-order valence-electron chi connectivity index (χ2n) is 5.31. The molecule has 0 aliphatic rings. The molecule has 0 bridgehead atoms. The van der Waals surface area contributed by atoms with Gasteiger partial charge in [-0.3, -0.25) is 15.1 Å². The second-order valence-corrected chi connectivity index (χ2v) is 5.31. The molecule has 25 heavy (non-hydrogen) atoms. The fraction of sp³-hybridized carbons (Fsp3) is 0.176. The largest absolute Gasteiger partial charge is 0.506 e. The number of para-hydroxylation sites is 1. The Bertz CT molecular complexity index is 1000. The summed E-state index contributed by atoms with van der Waals surface area (Å²) >= 11 is 0. The summed E-state index contributed by atoms with van der Waals surface area (Å²) < 4.78 is 10.0. The van der Waals surface area contributed by atoms with Crippen molar-refractivity contribution in [2.45, 2.75) is 13.3 Å². The molecular formula is C17H15N3O5. The van der Waals surface area contributed by atoms with E-state index in [1.54, 1.807) is 37.3 Å². The fourth-order valence-corrected chi connectivity index (χ4v) is 2.21. The van der Waals surface area contributed by atoms with Gasteiger partial charge in [0.1, 0.15) is 16.9 Å². The second kappa shape index (κ2) is 7.00. The molecule has 0 radical (unpaired) electrons. The number of fused-ring (bicyclic) bond motifs is 1. The monoisotopic (exact) mass is 341 g/mol. The first-order valence-corrected chi connectivity index (χ1v) is 7.52. The molecule has 0 saturated heterocycles. The molecule has 8 nitrogen and oxygen atoms in total. The summed E-state index contributed by atoms with van der Waals surface area (Å²) in [5, 5.41) is 16.8. The first kappa shape index (κ1) is 16.4. The molecule has 0 unspecified atom stereocenters. The lowest BCUT2D eigenvalue weighted by Crippen LogP contribution is -2.12. The van der Waals surface area contributed by atoms with E-state index in [0.29, 0.717) is 16.7 Å². The highest BCUT2D eigenvalue weighted by atomic mass is 16.5. The van der Waals surface area contributed by atoms with Crippen LogP contribution in [0.25, 0.3) is 11.0 Å². The van der Waals surface area contributed by atoms with Gasteiger partial charge in [-0.25, -0.2) is 4.79 Å². The average Bonchev–Trinajstić information content (AvgIpc) is 2.98. The van der Waals surface area contributed by atoms with E-state index in [9.17, 15) is 14.7 Å². The molecule has 8 heteroatoms. The highest BCUT2D eigenvalue weighted by Gasteiger charge is 2.11. The van der Waals surface area contributed by atoms with E-state index in [2.05, 4.69) is 15.5 Å². The number of aromatic hydroxyl groups is 1. The third kappa shape index (κ3) is 3.74. The third-order valence-electron chi connectivity index (χ3n) is 3.40. The van der Waals surface area contributed by atoms with E-state index in [1.165, 1.54) is 6.21 Å². The number of nitrogens with zero attached hydrogens (tertiary/aromatic N) is 2. The van der Waals surface area contributed by atoms with Crippen LogP contribution in [0, 0.1) is 6.92 Å². The van der Waals surface area contributed by atoms with E-state index < -0.39 is 5.63 Å². The van der Waals surface area contributed by atoms with Gasteiger partial charge in [0, 0.05) is 25.2 Å². The number of carbonyl (C=O) groups excluding carboxylic acids is 1. The molecule has 0 aliphatic heterocycles. The lowest BCUT2D eigenvalue weighted by Gasteiger charge is -2.02. The predicted molar refractivity (Wildman–Crippen MR) is 91.1 cm³/mol. The first-order valence-electron chi connectivity index (χ1n) is 7.52. The van der Waals surface area contributed by atoms with Crippen LogP contribution in [0.3, 0.4) is 0 Å². The molecule has 0 aliphatic carbocycles. The Kier molecular flexibility index (Phi) is 4.60. The Hall–Kier alpha value is -3.42. The van der Waals surface area contributed by atoms with Crippen LogP contribution in [0.1, 0.15) is 17.7 Å². The number of aromatic nitrogens is 1. The molecule has 0 saturated carbocycles. The minimum atomic E-state index is -0.693. The summed E-state index contributed by atoms with van der Waals surface area (Å²) in [5.74, 6) is -0.237. The van der Waals surface area contributed by atoms with Gasteiger partial charge in [0.25, 0.3) is 0 Å². The topological polar surface area (TPSA) is 118 Å². The molecule has 2 aromatic heterocycles. The number of anilines is 1. The molecule has 1 aromatic carbocycles. The number of hydrogen-bond acceptors (Lipinski definition) is 7. The average molecular weight is 341 g/mol. The summed E-state index contributed by atoms with van der Waals surface area (Å²) in [6.07, 6.45) is 1.29. The van der Waals surface area contributed by atoms with Crippen LogP contribution in [-0.2, 0) is 4.79 Å². The van der Waals surface area contributed by atoms with Gasteiger partial charge in [0.05, 0.1) is 11.1 Å². The molecule has 0 atom stereocenters. The normalized spacial score (nSPS) is 11.2. The number of aliphatic imine (C=N–C) groups is 1. The van der Waals surface area contributed by atoms with E-state index in [1.807, 2.05) is 0 Å². The van der Waals surface area contributed by atoms with Crippen molar-refractivity contribution >= 4 is 29.0 Å². The van der Waals surface area contributed by atoms with Crippen molar-refractivity contribution < 1.29 is 18.8 Å². The molecule has 0 fully saturated rings. The molecular weight excluding hydrogens is 326 g/mol. The van der Waals surface area contributed by atoms with Crippen LogP contribution in [0.15, 0.2) is 49.1 Å². The standard InChI is InChI=1S/C17H15N3O5/c1-10-8-15(25-20-10)19-14(21)6-7-18-9-12-16(22)11-4-2-3-5-13(11)24-17(12)23/h2-5,8-9,22H,6-7H2,1H3,(H,19,21). The number of carbonyl (C=O) groups is 1. The Morgan fingerprint density at radius 2 is 2.20 bits per heavy atom. The minimum absolute atomic E-state index is 0.0510. The summed E-state index contributed by atoms with van der Waals surface area (Å²) in [7, 11) is 0. The number of aryl methyl sites for hydroxylation is 1. The van der Waals surface area contributed by atoms with Gasteiger partial charge in [0.2, 0.25) is 11.8 Å². The molecule has 2 N–H and O–H groups in total. The lowest BCUT2D eigenvalue weighted by molar-refractivity contribution is -0.116. The SMILES string of the molecule is Cc1cc(NC(=O)CCN=Cc2c(O)c3ccccc3oc2=O)on1. The Morgan fingerprint density at radius 1 is 1.40 bits per heavy atom. The van der Waals surface area contributed by atoms with Gasteiger partial charge < -0.3 is 14.0 Å². The Balaban J connectivity index is 1.65. The van der Waals surface area contributed by atoms with Gasteiger partial charge in [-0.15, -0.1) is 0 Å². The van der Waals surface area contributed by atoms with Crippen molar-refractivity contribution in [2.24, 2.45) is 4.99 Å². The zero-order valence-electron chi connectivity index (χ0n) is 13.4. The smallest absolute Gasteiger partial charge is 0.348 e. The lowest BCUT2D eigenvalue weighted by atomic mass is 10.1. The summed E-state index contributed by atoms with van der Waals surface area (Å²) in [5.41, 5.74) is 0.210. The van der Waals surface area contributed by atoms with Gasteiger partial charge in [-0.1, -0.05) is 17.3 Å². The minimum Gasteiger partial charge on any atom is -0.506 e. The van der Waals surface area contributed by atoms with Crippen molar-refractivity contribution in [1.82, 2.24) is 5.16 Å². The van der Waals surface area contributed by atoms with Crippen molar-refractivity contribution in [3.8, 4) is 5.75 Å². The van der Waals surface area contributed by atoms with Gasteiger partial charge in [0.15, 0.2) is 0 Å². The van der Waals surface area contributed by atoms with Gasteiger partial charge in [-0.2, -0.15) is 0 Å². The van der Waals surface area contributed by atoms with E-state index in [0.717, 1.165) is 0 Å². The van der Waals surface area contributed by atoms with E-state index in [4.69, 9.17) is 8.94 Å². The van der Waals surface area contributed by atoms with Gasteiger partial charge in [-0.05, 0) is 19.1 Å². The van der Waals surface area contributed by atoms with Crippen LogP contribution in [0.4, 0.5) is 5.88 Å². The van der Waals surface area contributed by atoms with Crippen molar-refractivity contribution in [2.75, 3.05) is 11.9 Å². The summed E-state index contributed by atoms with van der Waals surface area (Å²) in [6.45, 7) is 1.87. The number of nitrogens with one attached hydrogen (secondary N) is 1. The van der Waals surface area contributed by atoms with Crippen LogP contribution in [0.2, 0.25) is 0 Å². The number of benzene rings is 1. The zero-order chi connectivity index (χ0) is 17.8. The van der Waals surface area contributed by atoms with Crippen LogP contribution in [0.5, 0.6) is 5.75 Å². The molecule has 1 amide bonds. The van der Waals surface area contributed by atoms with E-state index in [-0.39, 0.29) is 36.1 Å². The van der Waals surface area contributed by atoms with Crippen molar-refractivity contribution in [1.29, 1.82) is 0 Å². The van der Waals surface area contributed by atoms with Crippen LogP contribution >= 0.6 is 0 Å². The quantitative estimate of drug-likeness (QED) is 0.543. The molecule has 3 aromatic rings. The fourth-order valence-electron chi connectivity index (χ4n) is 2.21. The maximum atomic E-state index is 11.9. The van der Waals surface area contributed by atoms with Crippen molar-refractivity contribution in [3.63, 3.8) is 0 Å². The Labute approximate surface area is 141 Å². The van der Waals surface area contributed by atoms with Gasteiger partial charge >= 0.3 is 5.63 Å².